The molecule has 0 saturated heterocycles. The van der Waals surface area contributed by atoms with Gasteiger partial charge in [0, 0.05) is 9.75 Å². The van der Waals surface area contributed by atoms with Crippen LogP contribution in [0, 0.1) is 0 Å². The number of fused-ring (bicyclic) bond motifs is 1. The number of carbonyl (C=O) groups is 1. The van der Waals surface area contributed by atoms with Gasteiger partial charge in [-0.05, 0) is 37.1 Å². The second kappa shape index (κ2) is 5.72. The van der Waals surface area contributed by atoms with E-state index in [-0.39, 0.29) is 11.8 Å². The van der Waals surface area contributed by atoms with Gasteiger partial charge in [-0.25, -0.2) is 4.99 Å². The van der Waals surface area contributed by atoms with E-state index in [0.29, 0.717) is 22.5 Å². The zero-order valence-electron chi connectivity index (χ0n) is 13.3. The number of carbonyl (C=O) groups excluding carboxylic acids is 1. The molecule has 0 saturated carbocycles. The molecule has 122 valence electrons. The summed E-state index contributed by atoms with van der Waals surface area (Å²) in [5.74, 6) is -0.271. The molecular formula is C18H16N2O2S2. The van der Waals surface area contributed by atoms with Crippen LogP contribution in [0.2, 0.25) is 0 Å². The number of nitrogens with one attached hydrogen (secondary N) is 1. The highest BCUT2D eigenvalue weighted by Crippen LogP contribution is 2.41. The molecule has 24 heavy (non-hydrogen) atoms. The minimum absolute atomic E-state index is 0.0162. The van der Waals surface area contributed by atoms with Gasteiger partial charge < -0.3 is 10.1 Å². The van der Waals surface area contributed by atoms with E-state index in [4.69, 9.17) is 0 Å². The standard InChI is InChI=1S/C18H16N2O2S2/c1-3-9-5-7-11(23-9)15-13-14(18(22)19-15)16(20-17(13)21)12-8-6-10(4-2)24-12/h5-8,19,22H,3-4H2,1-2H3. The predicted molar refractivity (Wildman–Crippen MR) is 98.8 cm³/mol. The molecule has 0 atom stereocenters. The van der Waals surface area contributed by atoms with E-state index >= 15 is 0 Å². The molecule has 1 aliphatic rings. The van der Waals surface area contributed by atoms with Crippen molar-refractivity contribution in [3.05, 3.63) is 50.0 Å². The van der Waals surface area contributed by atoms with E-state index in [1.54, 1.807) is 22.7 Å². The van der Waals surface area contributed by atoms with Crippen LogP contribution in [0.5, 0.6) is 5.88 Å². The summed E-state index contributed by atoms with van der Waals surface area (Å²) in [6.45, 7) is 4.19. The molecule has 4 rings (SSSR count). The minimum atomic E-state index is -0.288. The van der Waals surface area contributed by atoms with Crippen LogP contribution in [-0.4, -0.2) is 21.7 Å². The number of rotatable bonds is 4. The molecule has 0 spiro atoms. The van der Waals surface area contributed by atoms with Crippen LogP contribution in [0.4, 0.5) is 0 Å². The maximum absolute atomic E-state index is 12.5. The van der Waals surface area contributed by atoms with Crippen molar-refractivity contribution in [1.82, 2.24) is 4.98 Å². The Kier molecular flexibility index (Phi) is 3.66. The lowest BCUT2D eigenvalue weighted by atomic mass is 10.1. The van der Waals surface area contributed by atoms with Crippen molar-refractivity contribution < 1.29 is 9.90 Å². The summed E-state index contributed by atoms with van der Waals surface area (Å²) < 4.78 is 0. The number of aryl methyl sites for hydroxylation is 2. The lowest BCUT2D eigenvalue weighted by molar-refractivity contribution is 0.101. The first kappa shape index (κ1) is 15.4. The summed E-state index contributed by atoms with van der Waals surface area (Å²) in [6, 6.07) is 8.05. The van der Waals surface area contributed by atoms with Gasteiger partial charge in [0.1, 0.15) is 0 Å². The molecule has 4 heterocycles. The molecule has 0 fully saturated rings. The Morgan fingerprint density at radius 1 is 1.00 bits per heavy atom. The number of amides is 1. The number of hydrogen-bond donors (Lipinski definition) is 2. The molecule has 0 unspecified atom stereocenters. The van der Waals surface area contributed by atoms with Crippen LogP contribution in [0.3, 0.4) is 0 Å². The van der Waals surface area contributed by atoms with Crippen molar-refractivity contribution in [2.75, 3.05) is 0 Å². The van der Waals surface area contributed by atoms with Gasteiger partial charge in [0.15, 0.2) is 5.88 Å². The molecule has 0 radical (unpaired) electrons. The van der Waals surface area contributed by atoms with Crippen LogP contribution in [-0.2, 0) is 12.8 Å². The predicted octanol–water partition coefficient (Wildman–Crippen LogP) is 4.63. The molecule has 3 aromatic heterocycles. The van der Waals surface area contributed by atoms with E-state index < -0.39 is 0 Å². The van der Waals surface area contributed by atoms with E-state index in [0.717, 1.165) is 22.6 Å². The lowest BCUT2D eigenvalue weighted by Gasteiger charge is -1.96. The summed E-state index contributed by atoms with van der Waals surface area (Å²) in [4.78, 5) is 24.1. The molecule has 0 aliphatic carbocycles. The highest BCUT2D eigenvalue weighted by Gasteiger charge is 2.34. The molecule has 0 bridgehead atoms. The Hall–Kier alpha value is -2.18. The van der Waals surface area contributed by atoms with Crippen molar-refractivity contribution in [1.29, 1.82) is 0 Å². The number of nitrogens with zero attached hydrogens (tertiary/aromatic N) is 1. The Morgan fingerprint density at radius 3 is 2.25 bits per heavy atom. The monoisotopic (exact) mass is 356 g/mol. The quantitative estimate of drug-likeness (QED) is 0.716. The van der Waals surface area contributed by atoms with Gasteiger partial charge in [0.05, 0.1) is 32.3 Å². The van der Waals surface area contributed by atoms with E-state index in [2.05, 4.69) is 29.9 Å². The number of hydrogen-bond acceptors (Lipinski definition) is 4. The van der Waals surface area contributed by atoms with Gasteiger partial charge >= 0.3 is 0 Å². The highest BCUT2D eigenvalue weighted by atomic mass is 32.1. The second-order valence-corrected chi connectivity index (χ2v) is 7.94. The Bertz CT molecular complexity index is 975. The first-order valence-electron chi connectivity index (χ1n) is 7.88. The van der Waals surface area contributed by atoms with E-state index in [1.807, 2.05) is 18.2 Å². The van der Waals surface area contributed by atoms with Crippen LogP contribution < -0.4 is 0 Å². The third kappa shape index (κ3) is 2.25. The van der Waals surface area contributed by atoms with Crippen LogP contribution >= 0.6 is 22.7 Å². The number of aliphatic imine (C=N–C) groups is 1. The average molecular weight is 356 g/mol. The van der Waals surface area contributed by atoms with Gasteiger partial charge in [-0.3, -0.25) is 4.79 Å². The summed E-state index contributed by atoms with van der Waals surface area (Å²) in [5.41, 5.74) is 2.26. The zero-order valence-corrected chi connectivity index (χ0v) is 15.0. The van der Waals surface area contributed by atoms with Crippen LogP contribution in [0.25, 0.3) is 10.6 Å². The zero-order chi connectivity index (χ0) is 16.8. The van der Waals surface area contributed by atoms with Crippen molar-refractivity contribution in [3.8, 4) is 16.5 Å². The van der Waals surface area contributed by atoms with E-state index in [1.165, 1.54) is 9.75 Å². The third-order valence-electron chi connectivity index (χ3n) is 4.14. The first-order chi connectivity index (χ1) is 11.6. The summed E-state index contributed by atoms with van der Waals surface area (Å²) in [7, 11) is 0. The highest BCUT2D eigenvalue weighted by molar-refractivity contribution is 7.15. The summed E-state index contributed by atoms with van der Waals surface area (Å²) >= 11 is 3.24. The van der Waals surface area contributed by atoms with Crippen molar-refractivity contribution >= 4 is 34.3 Å². The number of aromatic hydroxyl groups is 1. The minimum Gasteiger partial charge on any atom is -0.494 e. The Balaban J connectivity index is 1.84. The number of aromatic nitrogens is 1. The van der Waals surface area contributed by atoms with Gasteiger partial charge in [0.25, 0.3) is 5.91 Å². The van der Waals surface area contributed by atoms with Gasteiger partial charge in [-0.15, -0.1) is 22.7 Å². The van der Waals surface area contributed by atoms with Crippen molar-refractivity contribution in [3.63, 3.8) is 0 Å². The van der Waals surface area contributed by atoms with E-state index in [9.17, 15) is 9.90 Å². The largest absolute Gasteiger partial charge is 0.494 e. The van der Waals surface area contributed by atoms with Gasteiger partial charge in [-0.1, -0.05) is 13.8 Å². The molecule has 3 aromatic rings. The fourth-order valence-corrected chi connectivity index (χ4v) is 4.80. The Morgan fingerprint density at radius 2 is 1.62 bits per heavy atom. The molecule has 0 aromatic carbocycles. The number of aromatic amines is 1. The van der Waals surface area contributed by atoms with Gasteiger partial charge in [-0.2, -0.15) is 0 Å². The molecule has 1 amide bonds. The topological polar surface area (TPSA) is 65.5 Å². The SMILES string of the molecule is CCc1ccc(C2=NC(=O)c3c(-c4ccc(CC)s4)[nH]c(O)c32)s1. The average Bonchev–Trinajstić information content (AvgIpc) is 3.32. The number of thiophene rings is 2. The van der Waals surface area contributed by atoms with Crippen molar-refractivity contribution in [2.24, 2.45) is 4.99 Å². The molecule has 4 nitrogen and oxygen atoms in total. The fraction of sp³-hybridized carbons (Fsp3) is 0.222. The maximum atomic E-state index is 12.5. The molecule has 1 aliphatic heterocycles. The maximum Gasteiger partial charge on any atom is 0.280 e. The molecule has 2 N–H and O–H groups in total. The fourth-order valence-electron chi connectivity index (χ4n) is 2.91. The number of H-pyrrole nitrogens is 1. The molecular weight excluding hydrogens is 340 g/mol. The van der Waals surface area contributed by atoms with Crippen LogP contribution in [0.15, 0.2) is 29.3 Å². The normalized spacial score (nSPS) is 13.4. The van der Waals surface area contributed by atoms with Gasteiger partial charge in [0.2, 0.25) is 0 Å². The van der Waals surface area contributed by atoms with Crippen molar-refractivity contribution in [2.45, 2.75) is 26.7 Å². The lowest BCUT2D eigenvalue weighted by Crippen LogP contribution is -1.96. The van der Waals surface area contributed by atoms with Crippen LogP contribution in [0.1, 0.15) is 44.4 Å². The Labute approximate surface area is 147 Å². The second-order valence-electron chi connectivity index (χ2n) is 5.60. The smallest absolute Gasteiger partial charge is 0.280 e. The molecule has 6 heteroatoms. The first-order valence-corrected chi connectivity index (χ1v) is 9.52. The summed E-state index contributed by atoms with van der Waals surface area (Å²) in [5, 5.41) is 10.4. The third-order valence-corrected chi connectivity index (χ3v) is 6.63. The summed E-state index contributed by atoms with van der Waals surface area (Å²) in [6.07, 6.45) is 1.89.